The number of nitrogens with zero attached hydrogens (tertiary/aromatic N) is 4. The van der Waals surface area contributed by atoms with Crippen molar-refractivity contribution in [1.82, 2.24) is 36.1 Å². The molecule has 6 bridgehead atoms. The minimum absolute atomic E-state index is 0.157. The second kappa shape index (κ2) is 18.6. The number of amides is 4. The van der Waals surface area contributed by atoms with Gasteiger partial charge in [0.15, 0.2) is 11.4 Å². The van der Waals surface area contributed by atoms with E-state index >= 15 is 0 Å². The van der Waals surface area contributed by atoms with E-state index in [1.807, 2.05) is 37.3 Å². The van der Waals surface area contributed by atoms with E-state index in [4.69, 9.17) is 14.8 Å². The van der Waals surface area contributed by atoms with Gasteiger partial charge in [0.2, 0.25) is 5.91 Å². The molecular weight excluding hydrogens is 801 g/mol. The van der Waals surface area contributed by atoms with Gasteiger partial charge in [-0.05, 0) is 124 Å². The second-order valence-electron chi connectivity index (χ2n) is 17.5. The number of nitrogens with one attached hydrogen (secondary N) is 5. The maximum absolute atomic E-state index is 13.1. The number of hydrogen-bond acceptors (Lipinski definition) is 12. The number of fused-ring (bicyclic) bond motifs is 2. The molecule has 7 N–H and O–H groups in total. The SMILES string of the molecule is Cc1ccc(NC(=O)c2cccc(C(NC(=O)c3cc(C4CC4)on3)C3CCNCC3)c2)cn1.NC1C(=O)NC2CCN(CC2)CC2CC2c2cc(no2)C(=O)Nc2ccc1cc2. The summed E-state index contributed by atoms with van der Waals surface area (Å²) in [6, 6.07) is 20.9. The fourth-order valence-electron chi connectivity index (χ4n) is 8.81. The molecule has 16 nitrogen and oxygen atoms in total. The molecule has 63 heavy (non-hydrogen) atoms. The maximum atomic E-state index is 13.1. The molecule has 12 rings (SSSR count). The van der Waals surface area contributed by atoms with Crippen LogP contribution >= 0.6 is 0 Å². The lowest BCUT2D eigenvalue weighted by atomic mass is 9.85. The van der Waals surface area contributed by atoms with Gasteiger partial charge in [-0.2, -0.15) is 0 Å². The Morgan fingerprint density at radius 2 is 1.65 bits per heavy atom. The zero-order chi connectivity index (χ0) is 43.5. The minimum atomic E-state index is -0.731. The number of pyridine rings is 1. The second-order valence-corrected chi connectivity index (χ2v) is 17.5. The van der Waals surface area contributed by atoms with Crippen LogP contribution in [0.2, 0.25) is 0 Å². The van der Waals surface area contributed by atoms with Gasteiger partial charge in [0.05, 0.1) is 17.9 Å². The molecule has 2 saturated carbocycles. The van der Waals surface area contributed by atoms with Crippen LogP contribution in [0.1, 0.15) is 129 Å². The number of carbonyl (C=O) groups is 4. The minimum Gasteiger partial charge on any atom is -0.360 e. The van der Waals surface area contributed by atoms with Crippen molar-refractivity contribution in [2.75, 3.05) is 43.4 Å². The molecule has 7 aliphatic rings. The summed E-state index contributed by atoms with van der Waals surface area (Å²) in [6.45, 7) is 6.62. The molecule has 5 aromatic rings. The van der Waals surface area contributed by atoms with Crippen molar-refractivity contribution in [3.8, 4) is 0 Å². The van der Waals surface area contributed by atoms with E-state index in [1.54, 1.807) is 48.7 Å². The van der Waals surface area contributed by atoms with E-state index in [9.17, 15) is 19.2 Å². The number of benzene rings is 2. The predicted octanol–water partition coefficient (Wildman–Crippen LogP) is 5.60. The summed E-state index contributed by atoms with van der Waals surface area (Å²) in [5.74, 6) is 2.16. The van der Waals surface area contributed by atoms with Crippen molar-refractivity contribution < 1.29 is 28.2 Å². The highest BCUT2D eigenvalue weighted by atomic mass is 16.5. The van der Waals surface area contributed by atoms with Crippen molar-refractivity contribution in [1.29, 1.82) is 0 Å². The number of hydrogen-bond donors (Lipinski definition) is 6. The number of rotatable bonds is 7. The highest BCUT2D eigenvalue weighted by molar-refractivity contribution is 6.04. The molecule has 4 amide bonds. The van der Waals surface area contributed by atoms with E-state index in [2.05, 4.69) is 46.8 Å². The molecule has 2 aliphatic carbocycles. The average molecular weight is 855 g/mol. The van der Waals surface area contributed by atoms with E-state index in [0.717, 1.165) is 100 Å². The molecule has 4 unspecified atom stereocenters. The molecule has 5 aliphatic heterocycles. The van der Waals surface area contributed by atoms with E-state index in [-0.39, 0.29) is 47.3 Å². The van der Waals surface area contributed by atoms with E-state index < -0.39 is 6.04 Å². The lowest BCUT2D eigenvalue weighted by molar-refractivity contribution is -0.123. The van der Waals surface area contributed by atoms with E-state index in [1.165, 1.54) is 0 Å². The summed E-state index contributed by atoms with van der Waals surface area (Å²) in [4.78, 5) is 57.7. The van der Waals surface area contributed by atoms with Crippen molar-refractivity contribution in [3.63, 3.8) is 0 Å². The first-order chi connectivity index (χ1) is 30.6. The first-order valence-electron chi connectivity index (χ1n) is 22.1. The average Bonchev–Trinajstić information content (AvgIpc) is 4.19. The first-order valence-corrected chi connectivity index (χ1v) is 22.1. The quantitative estimate of drug-likeness (QED) is 0.118. The normalized spacial score (nSPS) is 23.9. The summed E-state index contributed by atoms with van der Waals surface area (Å²) in [7, 11) is 0. The largest absolute Gasteiger partial charge is 0.360 e. The third-order valence-corrected chi connectivity index (χ3v) is 12.8. The Morgan fingerprint density at radius 1 is 0.873 bits per heavy atom. The van der Waals surface area contributed by atoms with Crippen molar-refractivity contribution in [2.45, 2.75) is 81.8 Å². The van der Waals surface area contributed by atoms with Gasteiger partial charge in [-0.3, -0.25) is 24.2 Å². The van der Waals surface area contributed by atoms with Gasteiger partial charge in [0.1, 0.15) is 17.6 Å². The summed E-state index contributed by atoms with van der Waals surface area (Å²) in [5.41, 5.74) is 11.0. The molecule has 0 radical (unpaired) electrons. The van der Waals surface area contributed by atoms with Gasteiger partial charge in [-0.15, -0.1) is 0 Å². The predicted molar refractivity (Wildman–Crippen MR) is 234 cm³/mol. The molecule has 16 heteroatoms. The van der Waals surface area contributed by atoms with Gasteiger partial charge >= 0.3 is 0 Å². The number of carbonyl (C=O) groups excluding carboxylic acids is 4. The van der Waals surface area contributed by atoms with Crippen molar-refractivity contribution in [3.05, 3.63) is 124 Å². The lowest BCUT2D eigenvalue weighted by Gasteiger charge is -2.33. The Bertz CT molecular complexity index is 2410. The van der Waals surface area contributed by atoms with Crippen LogP contribution < -0.4 is 32.3 Å². The highest BCUT2D eigenvalue weighted by Gasteiger charge is 2.43. The van der Waals surface area contributed by atoms with Crippen LogP contribution in [0.25, 0.3) is 0 Å². The molecule has 2 aromatic carbocycles. The van der Waals surface area contributed by atoms with Gasteiger partial charge < -0.3 is 46.3 Å². The molecule has 4 fully saturated rings. The van der Waals surface area contributed by atoms with Gasteiger partial charge in [-0.25, -0.2) is 0 Å². The molecule has 4 atom stereocenters. The van der Waals surface area contributed by atoms with Gasteiger partial charge in [0.25, 0.3) is 17.7 Å². The standard InChI is InChI=1S/C26H29N5O3.C21H25N5O3/c1-16-5-8-21(15-28-16)29-25(32)20-4-2-3-19(13-20)24(18-9-11-27-12-10-18)30-26(33)22-14-23(34-31-22)17-6-7-17;22-19-12-1-3-14(4-2-12)23-20(27)17-10-18(29-25-17)16-9-13(16)11-26-7-5-15(6-8-26)24-21(19)28/h2-5,8,13-15,17-18,24,27H,6-7,9-12H2,1H3,(H,29,32)(H,30,33);1-4,10,13,15-16,19H,5-9,11,22H2,(H,23,27)(H,24,28). The van der Waals surface area contributed by atoms with E-state index in [0.29, 0.717) is 45.9 Å². The smallest absolute Gasteiger partial charge is 0.277 e. The van der Waals surface area contributed by atoms with Crippen LogP contribution in [0.3, 0.4) is 0 Å². The van der Waals surface area contributed by atoms with Gasteiger partial charge in [0, 0.05) is 66.6 Å². The molecule has 328 valence electrons. The zero-order valence-corrected chi connectivity index (χ0v) is 35.3. The Hall–Kier alpha value is -6.23. The number of aryl methyl sites for hydroxylation is 1. The van der Waals surface area contributed by atoms with Crippen LogP contribution in [0.5, 0.6) is 0 Å². The highest BCUT2D eigenvalue weighted by Crippen LogP contribution is 2.48. The Kier molecular flexibility index (Phi) is 12.4. The monoisotopic (exact) mass is 854 g/mol. The third-order valence-electron chi connectivity index (χ3n) is 12.8. The van der Waals surface area contributed by atoms with Crippen LogP contribution in [-0.4, -0.2) is 82.6 Å². The van der Waals surface area contributed by atoms with Crippen LogP contribution in [-0.2, 0) is 4.79 Å². The Morgan fingerprint density at radius 3 is 2.40 bits per heavy atom. The summed E-state index contributed by atoms with van der Waals surface area (Å²) >= 11 is 0. The lowest BCUT2D eigenvalue weighted by Crippen LogP contribution is -2.47. The third kappa shape index (κ3) is 10.4. The summed E-state index contributed by atoms with van der Waals surface area (Å²) in [6.07, 6.45) is 8.60. The van der Waals surface area contributed by atoms with Crippen LogP contribution in [0, 0.1) is 18.8 Å². The zero-order valence-electron chi connectivity index (χ0n) is 35.3. The van der Waals surface area contributed by atoms with Crippen LogP contribution in [0.15, 0.2) is 88.0 Å². The summed E-state index contributed by atoms with van der Waals surface area (Å²) in [5, 5.41) is 23.3. The number of nitrogens with two attached hydrogens (primary N) is 1. The Balaban J connectivity index is 0.000000162. The fraction of sp³-hybridized carbons (Fsp3) is 0.426. The molecule has 2 saturated heterocycles. The topological polar surface area (TPSA) is 223 Å². The molecule has 8 heterocycles. The van der Waals surface area contributed by atoms with Crippen LogP contribution in [0.4, 0.5) is 11.4 Å². The summed E-state index contributed by atoms with van der Waals surface area (Å²) < 4.78 is 10.8. The Labute approximate surface area is 365 Å². The van der Waals surface area contributed by atoms with Gasteiger partial charge in [-0.1, -0.05) is 34.6 Å². The number of anilines is 2. The fourth-order valence-corrected chi connectivity index (χ4v) is 8.81. The number of piperidine rings is 2. The molecular formula is C47H54N10O6. The first kappa shape index (κ1) is 42.1. The van der Waals surface area contributed by atoms with Crippen molar-refractivity contribution in [2.24, 2.45) is 17.6 Å². The number of aromatic nitrogens is 3. The molecule has 3 aromatic heterocycles. The molecule has 0 spiro atoms. The maximum Gasteiger partial charge on any atom is 0.277 e. The van der Waals surface area contributed by atoms with Crippen molar-refractivity contribution >= 4 is 35.0 Å².